The van der Waals surface area contributed by atoms with Crippen molar-refractivity contribution in [3.8, 4) is 11.1 Å². The maximum absolute atomic E-state index is 13.8. The number of thiol groups is 1. The highest BCUT2D eigenvalue weighted by atomic mass is 32.2. The number of sulfonamides is 1. The molecule has 4 N–H and O–H groups in total. The normalized spacial score (nSPS) is 12.9. The van der Waals surface area contributed by atoms with Crippen LogP contribution in [0.2, 0.25) is 0 Å². The number of carbonyl (C=O) groups is 2. The molecule has 0 saturated heterocycles. The van der Waals surface area contributed by atoms with Crippen LogP contribution < -0.4 is 15.4 Å². The molecule has 39 heavy (non-hydrogen) atoms. The van der Waals surface area contributed by atoms with Gasteiger partial charge in [-0.1, -0.05) is 60.7 Å². The molecule has 0 aliphatic heterocycles. The summed E-state index contributed by atoms with van der Waals surface area (Å²) in [7, 11) is -4.18. The SMILES string of the molecule is C[C@H](O)C(=O)NS(=O)(=O)c1ccccc1-c1ccc(CNCCC(=O)NC[C@H](S)Cc2ccccc2F)cc1. The molecule has 208 valence electrons. The van der Waals surface area contributed by atoms with Gasteiger partial charge < -0.3 is 15.7 Å². The molecule has 2 atom stereocenters. The van der Waals surface area contributed by atoms with Crippen molar-refractivity contribution in [3.63, 3.8) is 0 Å². The molecule has 0 radical (unpaired) electrons. The monoisotopic (exact) mass is 573 g/mol. The van der Waals surface area contributed by atoms with Gasteiger partial charge >= 0.3 is 0 Å². The van der Waals surface area contributed by atoms with E-state index in [1.54, 1.807) is 48.5 Å². The average molecular weight is 574 g/mol. The van der Waals surface area contributed by atoms with Crippen LogP contribution in [0.1, 0.15) is 24.5 Å². The second kappa shape index (κ2) is 14.2. The summed E-state index contributed by atoms with van der Waals surface area (Å²) in [5, 5.41) is 15.2. The molecule has 0 aromatic heterocycles. The van der Waals surface area contributed by atoms with Gasteiger partial charge in [0.1, 0.15) is 11.9 Å². The van der Waals surface area contributed by atoms with E-state index in [2.05, 4.69) is 23.3 Å². The quantitative estimate of drug-likeness (QED) is 0.158. The number of amides is 2. The van der Waals surface area contributed by atoms with Crippen LogP contribution in [-0.4, -0.2) is 49.8 Å². The Balaban J connectivity index is 1.47. The Morgan fingerprint density at radius 3 is 2.36 bits per heavy atom. The molecule has 2 amide bonds. The number of rotatable bonds is 13. The molecule has 8 nitrogen and oxygen atoms in total. The van der Waals surface area contributed by atoms with Crippen molar-refractivity contribution < 1.29 is 27.5 Å². The number of carbonyl (C=O) groups excluding carboxylic acids is 2. The molecule has 0 aliphatic rings. The molecule has 3 aromatic carbocycles. The molecule has 0 bridgehead atoms. The van der Waals surface area contributed by atoms with Crippen molar-refractivity contribution in [1.82, 2.24) is 15.4 Å². The summed E-state index contributed by atoms with van der Waals surface area (Å²) in [4.78, 5) is 23.8. The van der Waals surface area contributed by atoms with E-state index >= 15 is 0 Å². The van der Waals surface area contributed by atoms with Crippen LogP contribution in [-0.2, 0) is 32.6 Å². The second-order valence-electron chi connectivity index (χ2n) is 9.02. The van der Waals surface area contributed by atoms with Crippen molar-refractivity contribution in [2.45, 2.75) is 42.6 Å². The van der Waals surface area contributed by atoms with Crippen molar-refractivity contribution in [3.05, 3.63) is 89.7 Å². The maximum Gasteiger partial charge on any atom is 0.264 e. The Labute approximate surface area is 233 Å². The first-order chi connectivity index (χ1) is 18.6. The first-order valence-electron chi connectivity index (χ1n) is 12.4. The first kappa shape index (κ1) is 30.3. The highest BCUT2D eigenvalue weighted by Gasteiger charge is 2.23. The van der Waals surface area contributed by atoms with Crippen molar-refractivity contribution in [1.29, 1.82) is 0 Å². The van der Waals surface area contributed by atoms with Crippen LogP contribution in [0, 0.1) is 5.82 Å². The maximum atomic E-state index is 13.8. The summed E-state index contributed by atoms with van der Waals surface area (Å²) >= 11 is 4.44. The summed E-state index contributed by atoms with van der Waals surface area (Å²) in [6.07, 6.45) is -0.783. The predicted molar refractivity (Wildman–Crippen MR) is 151 cm³/mol. The number of hydrogen-bond acceptors (Lipinski definition) is 7. The van der Waals surface area contributed by atoms with E-state index in [1.807, 2.05) is 16.9 Å². The van der Waals surface area contributed by atoms with Crippen LogP contribution in [0.4, 0.5) is 4.39 Å². The first-order valence-corrected chi connectivity index (χ1v) is 14.4. The molecule has 3 aromatic rings. The number of hydrogen-bond donors (Lipinski definition) is 5. The van der Waals surface area contributed by atoms with E-state index in [0.717, 1.165) is 5.56 Å². The van der Waals surface area contributed by atoms with Gasteiger partial charge in [-0.05, 0) is 42.2 Å². The number of halogens is 1. The van der Waals surface area contributed by atoms with E-state index in [1.165, 1.54) is 19.1 Å². The second-order valence-corrected chi connectivity index (χ2v) is 11.4. The van der Waals surface area contributed by atoms with Crippen molar-refractivity contribution >= 4 is 34.5 Å². The largest absolute Gasteiger partial charge is 0.384 e. The standard InChI is InChI=1S/C28H32FN3O5S2/c1-19(33)28(35)32-39(36,37)26-9-5-3-7-24(26)21-12-10-20(11-13-21)17-30-15-14-27(34)31-18-23(38)16-22-6-2-4-8-25(22)29/h2-13,19,23,30,33,38H,14-18H2,1H3,(H,31,34)(H,32,35)/t19-,23+/m0/s1. The van der Waals surface area contributed by atoms with Crippen molar-refractivity contribution in [2.24, 2.45) is 0 Å². The fraction of sp³-hybridized carbons (Fsp3) is 0.286. The average Bonchev–Trinajstić information content (AvgIpc) is 2.91. The van der Waals surface area contributed by atoms with Gasteiger partial charge in [0.15, 0.2) is 0 Å². The van der Waals surface area contributed by atoms with E-state index in [0.29, 0.717) is 42.7 Å². The molecule has 0 heterocycles. The highest BCUT2D eigenvalue weighted by molar-refractivity contribution is 7.90. The van der Waals surface area contributed by atoms with E-state index in [-0.39, 0.29) is 28.3 Å². The Bertz CT molecular complexity index is 1380. The van der Waals surface area contributed by atoms with Gasteiger partial charge in [-0.3, -0.25) is 9.59 Å². The molecule has 0 spiro atoms. The van der Waals surface area contributed by atoms with Gasteiger partial charge in [0, 0.05) is 36.9 Å². The summed E-state index contributed by atoms with van der Waals surface area (Å²) in [5.74, 6) is -1.42. The zero-order valence-electron chi connectivity index (χ0n) is 21.4. The Kier molecular flexibility index (Phi) is 11.0. The lowest BCUT2D eigenvalue weighted by Crippen LogP contribution is -2.37. The topological polar surface area (TPSA) is 125 Å². The van der Waals surface area contributed by atoms with Crippen molar-refractivity contribution in [2.75, 3.05) is 13.1 Å². The summed E-state index contributed by atoms with van der Waals surface area (Å²) < 4.78 is 41.1. The van der Waals surface area contributed by atoms with E-state index in [4.69, 9.17) is 0 Å². The number of aliphatic hydroxyl groups excluding tert-OH is 1. The zero-order chi connectivity index (χ0) is 28.4. The van der Waals surface area contributed by atoms with Crippen LogP contribution >= 0.6 is 12.6 Å². The minimum atomic E-state index is -4.18. The van der Waals surface area contributed by atoms with Gasteiger partial charge in [0.2, 0.25) is 5.91 Å². The minimum absolute atomic E-state index is 0.0757. The molecule has 0 fully saturated rings. The third kappa shape index (κ3) is 9.17. The Morgan fingerprint density at radius 1 is 1.00 bits per heavy atom. The van der Waals surface area contributed by atoms with Gasteiger partial charge in [0.05, 0.1) is 4.90 Å². The third-order valence-corrected chi connectivity index (χ3v) is 7.63. The van der Waals surface area contributed by atoms with Gasteiger partial charge in [-0.25, -0.2) is 17.5 Å². The molecule has 0 unspecified atom stereocenters. The summed E-state index contributed by atoms with van der Waals surface area (Å²) in [6.45, 7) is 2.46. The minimum Gasteiger partial charge on any atom is -0.384 e. The molecule has 3 rings (SSSR count). The number of nitrogens with one attached hydrogen (secondary N) is 3. The summed E-state index contributed by atoms with van der Waals surface area (Å²) in [5.41, 5.74) is 2.55. The lowest BCUT2D eigenvalue weighted by molar-refractivity contribution is -0.126. The molecule has 0 saturated carbocycles. The van der Waals surface area contributed by atoms with E-state index in [9.17, 15) is 27.5 Å². The van der Waals surface area contributed by atoms with E-state index < -0.39 is 22.0 Å². The van der Waals surface area contributed by atoms with Crippen LogP contribution in [0.5, 0.6) is 0 Å². The molecule has 11 heteroatoms. The van der Waals surface area contributed by atoms with Crippen LogP contribution in [0.15, 0.2) is 77.7 Å². The smallest absolute Gasteiger partial charge is 0.264 e. The Hall–Kier alpha value is -3.25. The number of benzene rings is 3. The molecular formula is C28H32FN3O5S2. The fourth-order valence-electron chi connectivity index (χ4n) is 3.76. The lowest BCUT2D eigenvalue weighted by Gasteiger charge is -2.13. The third-order valence-electron chi connectivity index (χ3n) is 5.86. The fourth-order valence-corrected chi connectivity index (χ4v) is 5.33. The van der Waals surface area contributed by atoms with Gasteiger partial charge in [0.25, 0.3) is 15.9 Å². The predicted octanol–water partition coefficient (Wildman–Crippen LogP) is 2.82. The van der Waals surface area contributed by atoms with Gasteiger partial charge in [-0.15, -0.1) is 0 Å². The lowest BCUT2D eigenvalue weighted by atomic mass is 10.0. The molecular weight excluding hydrogens is 541 g/mol. The van der Waals surface area contributed by atoms with Crippen LogP contribution in [0.3, 0.4) is 0 Å². The summed E-state index contributed by atoms with van der Waals surface area (Å²) in [6, 6.07) is 20.0. The highest BCUT2D eigenvalue weighted by Crippen LogP contribution is 2.27. The van der Waals surface area contributed by atoms with Gasteiger partial charge in [-0.2, -0.15) is 12.6 Å². The number of aliphatic hydroxyl groups is 1. The zero-order valence-corrected chi connectivity index (χ0v) is 23.1. The Morgan fingerprint density at radius 2 is 1.67 bits per heavy atom. The molecule has 0 aliphatic carbocycles. The van der Waals surface area contributed by atoms with Crippen LogP contribution in [0.25, 0.3) is 11.1 Å².